The van der Waals surface area contributed by atoms with Crippen LogP contribution in [0, 0.1) is 0 Å². The number of hydrogen-bond donors (Lipinski definition) is 2. The average molecular weight is 241 g/mol. The molecule has 0 aliphatic carbocycles. The maximum absolute atomic E-state index is 11.7. The molecule has 1 amide bonds. The van der Waals surface area contributed by atoms with E-state index < -0.39 is 5.91 Å². The van der Waals surface area contributed by atoms with Crippen LogP contribution in [0.15, 0.2) is 53.8 Å². The van der Waals surface area contributed by atoms with Gasteiger partial charge in [-0.3, -0.25) is 9.78 Å². The fourth-order valence-corrected chi connectivity index (χ4v) is 1.34. The number of carbonyl (C=O) groups is 1. The summed E-state index contributed by atoms with van der Waals surface area (Å²) in [5, 5.41) is 13.2. The van der Waals surface area contributed by atoms with Gasteiger partial charge in [0.2, 0.25) is 0 Å². The summed E-state index contributed by atoms with van der Waals surface area (Å²) >= 11 is 0. The molecule has 0 saturated carbocycles. The van der Waals surface area contributed by atoms with Crippen LogP contribution in [0.5, 0.6) is 5.75 Å². The lowest BCUT2D eigenvalue weighted by Gasteiger charge is -2.01. The third-order valence-electron chi connectivity index (χ3n) is 2.20. The van der Waals surface area contributed by atoms with Crippen molar-refractivity contribution in [1.82, 2.24) is 10.4 Å². The van der Waals surface area contributed by atoms with Crippen LogP contribution in [0.1, 0.15) is 16.1 Å². The highest BCUT2D eigenvalue weighted by molar-refractivity contribution is 5.97. The van der Waals surface area contributed by atoms with Gasteiger partial charge >= 0.3 is 0 Å². The largest absolute Gasteiger partial charge is 0.507 e. The maximum Gasteiger partial charge on any atom is 0.275 e. The van der Waals surface area contributed by atoms with E-state index in [4.69, 9.17) is 0 Å². The minimum absolute atomic E-state index is 0.0805. The molecule has 0 fully saturated rings. The van der Waals surface area contributed by atoms with E-state index >= 15 is 0 Å². The number of pyridine rings is 1. The molecule has 2 rings (SSSR count). The Kier molecular flexibility index (Phi) is 3.66. The molecule has 90 valence electrons. The molecular formula is C13H11N3O2. The number of benzene rings is 1. The number of nitrogens with zero attached hydrogens (tertiary/aromatic N) is 2. The molecular weight excluding hydrogens is 230 g/mol. The number of rotatable bonds is 3. The quantitative estimate of drug-likeness (QED) is 0.632. The summed E-state index contributed by atoms with van der Waals surface area (Å²) in [6, 6.07) is 11.6. The molecule has 1 heterocycles. The Bertz CT molecular complexity index is 567. The number of hydrazone groups is 1. The van der Waals surface area contributed by atoms with Crippen LogP contribution in [0.4, 0.5) is 0 Å². The first kappa shape index (κ1) is 11.8. The van der Waals surface area contributed by atoms with Gasteiger partial charge in [0, 0.05) is 6.20 Å². The van der Waals surface area contributed by atoms with Crippen molar-refractivity contribution in [3.8, 4) is 5.75 Å². The molecule has 1 aromatic carbocycles. The Morgan fingerprint density at radius 1 is 1.22 bits per heavy atom. The standard InChI is InChI=1S/C13H11N3O2/c17-12-7-2-1-6-11(12)13(18)16-15-9-10-5-3-4-8-14-10/h1-9,17H,(H,16,18)/b15-9-. The Morgan fingerprint density at radius 3 is 2.72 bits per heavy atom. The lowest BCUT2D eigenvalue weighted by Crippen LogP contribution is -2.17. The van der Waals surface area contributed by atoms with E-state index in [1.807, 2.05) is 6.07 Å². The summed E-state index contributed by atoms with van der Waals surface area (Å²) in [7, 11) is 0. The fraction of sp³-hybridized carbons (Fsp3) is 0. The van der Waals surface area contributed by atoms with E-state index in [1.165, 1.54) is 18.3 Å². The number of aromatic hydroxyl groups is 1. The van der Waals surface area contributed by atoms with Crippen molar-refractivity contribution in [2.45, 2.75) is 0 Å². The minimum atomic E-state index is -0.472. The average Bonchev–Trinajstić information content (AvgIpc) is 2.40. The van der Waals surface area contributed by atoms with Gasteiger partial charge in [-0.2, -0.15) is 5.10 Å². The summed E-state index contributed by atoms with van der Waals surface area (Å²) in [4.78, 5) is 15.7. The molecule has 2 aromatic rings. The Labute approximate surface area is 104 Å². The van der Waals surface area contributed by atoms with E-state index in [1.54, 1.807) is 30.5 Å². The number of para-hydroxylation sites is 1. The summed E-state index contributed by atoms with van der Waals surface area (Å²) in [6.07, 6.45) is 3.06. The van der Waals surface area contributed by atoms with Gasteiger partial charge in [0.05, 0.1) is 17.5 Å². The van der Waals surface area contributed by atoms with Gasteiger partial charge in [-0.1, -0.05) is 18.2 Å². The van der Waals surface area contributed by atoms with Gasteiger partial charge in [-0.05, 0) is 24.3 Å². The van der Waals surface area contributed by atoms with Crippen molar-refractivity contribution >= 4 is 12.1 Å². The normalized spacial score (nSPS) is 10.4. The molecule has 0 aliphatic heterocycles. The lowest BCUT2D eigenvalue weighted by molar-refractivity contribution is 0.0952. The third kappa shape index (κ3) is 2.91. The summed E-state index contributed by atoms with van der Waals surface area (Å²) in [6.45, 7) is 0. The second kappa shape index (κ2) is 5.58. The van der Waals surface area contributed by atoms with E-state index in [2.05, 4.69) is 15.5 Å². The van der Waals surface area contributed by atoms with Crippen LogP contribution >= 0.6 is 0 Å². The molecule has 1 aromatic heterocycles. The van der Waals surface area contributed by atoms with Crippen molar-refractivity contribution in [1.29, 1.82) is 0 Å². The van der Waals surface area contributed by atoms with Crippen LogP contribution in [-0.2, 0) is 0 Å². The molecule has 0 unspecified atom stereocenters. The molecule has 18 heavy (non-hydrogen) atoms. The summed E-state index contributed by atoms with van der Waals surface area (Å²) in [5.41, 5.74) is 3.13. The maximum atomic E-state index is 11.7. The smallest absolute Gasteiger partial charge is 0.275 e. The van der Waals surface area contributed by atoms with Crippen LogP contribution in [-0.4, -0.2) is 22.2 Å². The lowest BCUT2D eigenvalue weighted by atomic mass is 10.2. The predicted molar refractivity (Wildman–Crippen MR) is 67.4 cm³/mol. The topological polar surface area (TPSA) is 74.6 Å². The SMILES string of the molecule is O=C(N/N=C\c1ccccn1)c1ccccc1O. The van der Waals surface area contributed by atoms with Gasteiger partial charge in [0.1, 0.15) is 5.75 Å². The number of amides is 1. The molecule has 0 radical (unpaired) electrons. The number of hydrogen-bond acceptors (Lipinski definition) is 4. The molecule has 5 heteroatoms. The summed E-state index contributed by atoms with van der Waals surface area (Å²) < 4.78 is 0. The minimum Gasteiger partial charge on any atom is -0.507 e. The Hall–Kier alpha value is -2.69. The molecule has 0 spiro atoms. The van der Waals surface area contributed by atoms with Crippen molar-refractivity contribution in [2.75, 3.05) is 0 Å². The highest BCUT2D eigenvalue weighted by Crippen LogP contribution is 2.14. The van der Waals surface area contributed by atoms with Gasteiger partial charge in [0.25, 0.3) is 5.91 Å². The van der Waals surface area contributed by atoms with Crippen LogP contribution < -0.4 is 5.43 Å². The molecule has 2 N–H and O–H groups in total. The van der Waals surface area contributed by atoms with Crippen molar-refractivity contribution < 1.29 is 9.90 Å². The molecule has 0 atom stereocenters. The monoisotopic (exact) mass is 241 g/mol. The van der Waals surface area contributed by atoms with E-state index in [0.29, 0.717) is 5.69 Å². The Balaban J connectivity index is 2.01. The summed E-state index contributed by atoms with van der Waals surface area (Å²) in [5.74, 6) is -0.552. The second-order valence-electron chi connectivity index (χ2n) is 3.47. The van der Waals surface area contributed by atoms with Crippen molar-refractivity contribution in [2.24, 2.45) is 5.10 Å². The van der Waals surface area contributed by atoms with E-state index in [0.717, 1.165) is 0 Å². The molecule has 0 saturated heterocycles. The van der Waals surface area contributed by atoms with Crippen molar-refractivity contribution in [3.63, 3.8) is 0 Å². The van der Waals surface area contributed by atoms with Crippen LogP contribution in [0.3, 0.4) is 0 Å². The van der Waals surface area contributed by atoms with Gasteiger partial charge in [-0.25, -0.2) is 5.43 Å². The molecule has 5 nitrogen and oxygen atoms in total. The molecule has 0 aliphatic rings. The zero-order valence-electron chi connectivity index (χ0n) is 9.45. The number of nitrogens with one attached hydrogen (secondary N) is 1. The second-order valence-corrected chi connectivity index (χ2v) is 3.47. The predicted octanol–water partition coefficient (Wildman–Crippen LogP) is 1.55. The zero-order chi connectivity index (χ0) is 12.8. The van der Waals surface area contributed by atoms with E-state index in [-0.39, 0.29) is 11.3 Å². The van der Waals surface area contributed by atoms with Crippen LogP contribution in [0.25, 0.3) is 0 Å². The number of carbonyl (C=O) groups excluding carboxylic acids is 1. The van der Waals surface area contributed by atoms with Gasteiger partial charge < -0.3 is 5.11 Å². The first-order valence-corrected chi connectivity index (χ1v) is 5.30. The number of phenols is 1. The Morgan fingerprint density at radius 2 is 2.00 bits per heavy atom. The first-order chi connectivity index (χ1) is 8.77. The van der Waals surface area contributed by atoms with E-state index in [9.17, 15) is 9.90 Å². The third-order valence-corrected chi connectivity index (χ3v) is 2.20. The molecule has 0 bridgehead atoms. The van der Waals surface area contributed by atoms with Crippen molar-refractivity contribution in [3.05, 3.63) is 59.9 Å². The highest BCUT2D eigenvalue weighted by Gasteiger charge is 2.08. The fourth-order valence-electron chi connectivity index (χ4n) is 1.34. The van der Waals surface area contributed by atoms with Gasteiger partial charge in [0.15, 0.2) is 0 Å². The number of aromatic nitrogens is 1. The van der Waals surface area contributed by atoms with Crippen LogP contribution in [0.2, 0.25) is 0 Å². The number of phenolic OH excluding ortho intramolecular Hbond substituents is 1. The first-order valence-electron chi connectivity index (χ1n) is 5.30. The highest BCUT2D eigenvalue weighted by atomic mass is 16.3. The van der Waals surface area contributed by atoms with Gasteiger partial charge in [-0.15, -0.1) is 0 Å². The zero-order valence-corrected chi connectivity index (χ0v) is 9.45.